The van der Waals surface area contributed by atoms with Crippen molar-refractivity contribution in [2.75, 3.05) is 13.1 Å². The number of halogens is 2. The van der Waals surface area contributed by atoms with Gasteiger partial charge in [-0.25, -0.2) is 4.98 Å². The molecule has 3 aromatic rings. The summed E-state index contributed by atoms with van der Waals surface area (Å²) < 4.78 is 1.95. The quantitative estimate of drug-likeness (QED) is 0.522. The van der Waals surface area contributed by atoms with Crippen LogP contribution in [0, 0.1) is 24.2 Å². The zero-order chi connectivity index (χ0) is 22.3. The monoisotopic (exact) mass is 454 g/mol. The standard InChI is InChI=1S/C24H24Cl2N4O/c1-14-6-8-30(9-7-14)24(31)18-4-5-21(25)20(22(18)26)12-17-11-19-15(2)10-16(13-27)28-23(19)29(17)3/h4-5,10-11,14H,6-9,12H2,1-3H3. The molecule has 0 N–H and O–H groups in total. The van der Waals surface area contributed by atoms with Crippen molar-refractivity contribution in [2.24, 2.45) is 13.0 Å². The summed E-state index contributed by atoms with van der Waals surface area (Å²) in [5, 5.41) is 11.2. The first-order valence-corrected chi connectivity index (χ1v) is 11.2. The number of likely N-dealkylation sites (tertiary alicyclic amines) is 1. The smallest absolute Gasteiger partial charge is 0.255 e. The average molecular weight is 455 g/mol. The number of hydrogen-bond acceptors (Lipinski definition) is 3. The van der Waals surface area contributed by atoms with Crippen LogP contribution in [0.1, 0.15) is 52.6 Å². The van der Waals surface area contributed by atoms with E-state index in [9.17, 15) is 10.1 Å². The number of nitriles is 1. The Morgan fingerprint density at radius 2 is 1.97 bits per heavy atom. The molecule has 31 heavy (non-hydrogen) atoms. The van der Waals surface area contributed by atoms with E-state index in [4.69, 9.17) is 23.2 Å². The fourth-order valence-electron chi connectivity index (χ4n) is 4.21. The topological polar surface area (TPSA) is 61.9 Å². The van der Waals surface area contributed by atoms with Crippen LogP contribution in [-0.2, 0) is 13.5 Å². The molecule has 5 nitrogen and oxygen atoms in total. The summed E-state index contributed by atoms with van der Waals surface area (Å²) in [6, 6.07) is 9.42. The summed E-state index contributed by atoms with van der Waals surface area (Å²) in [6.07, 6.45) is 2.48. The molecular weight excluding hydrogens is 431 g/mol. The van der Waals surface area contributed by atoms with Crippen LogP contribution in [0.5, 0.6) is 0 Å². The van der Waals surface area contributed by atoms with Gasteiger partial charge in [0, 0.05) is 42.7 Å². The first kappa shape index (κ1) is 21.7. The minimum Gasteiger partial charge on any atom is -0.339 e. The highest BCUT2D eigenvalue weighted by atomic mass is 35.5. The zero-order valence-corrected chi connectivity index (χ0v) is 19.4. The molecule has 0 atom stereocenters. The fourth-order valence-corrected chi connectivity index (χ4v) is 4.80. The Kier molecular flexibility index (Phi) is 5.96. The van der Waals surface area contributed by atoms with Crippen molar-refractivity contribution in [3.8, 4) is 6.07 Å². The molecule has 0 radical (unpaired) electrons. The lowest BCUT2D eigenvalue weighted by Gasteiger charge is -2.30. The molecule has 7 heteroatoms. The van der Waals surface area contributed by atoms with E-state index in [1.807, 2.05) is 29.5 Å². The number of amides is 1. The van der Waals surface area contributed by atoms with Crippen LogP contribution in [0.25, 0.3) is 11.0 Å². The number of nitrogens with zero attached hydrogens (tertiary/aromatic N) is 4. The van der Waals surface area contributed by atoms with Gasteiger partial charge in [-0.15, -0.1) is 0 Å². The normalized spacial score (nSPS) is 14.8. The molecule has 3 heterocycles. The number of hydrogen-bond donors (Lipinski definition) is 0. The van der Waals surface area contributed by atoms with Crippen molar-refractivity contribution >= 4 is 40.1 Å². The lowest BCUT2D eigenvalue weighted by Crippen LogP contribution is -2.38. The Morgan fingerprint density at radius 1 is 1.26 bits per heavy atom. The molecule has 1 saturated heterocycles. The van der Waals surface area contributed by atoms with Crippen LogP contribution >= 0.6 is 23.2 Å². The summed E-state index contributed by atoms with van der Waals surface area (Å²) in [4.78, 5) is 19.4. The number of piperidine rings is 1. The Labute approximate surface area is 192 Å². The zero-order valence-electron chi connectivity index (χ0n) is 17.9. The largest absolute Gasteiger partial charge is 0.339 e. The van der Waals surface area contributed by atoms with Crippen LogP contribution in [0.15, 0.2) is 24.3 Å². The van der Waals surface area contributed by atoms with Gasteiger partial charge in [0.15, 0.2) is 0 Å². The number of benzene rings is 1. The Hall–Kier alpha value is -2.55. The van der Waals surface area contributed by atoms with Gasteiger partial charge in [-0.1, -0.05) is 30.1 Å². The van der Waals surface area contributed by atoms with Crippen LogP contribution in [-0.4, -0.2) is 33.4 Å². The van der Waals surface area contributed by atoms with E-state index in [1.165, 1.54) is 0 Å². The van der Waals surface area contributed by atoms with E-state index >= 15 is 0 Å². The maximum absolute atomic E-state index is 13.1. The van der Waals surface area contributed by atoms with Crippen molar-refractivity contribution in [3.63, 3.8) is 0 Å². The highest BCUT2D eigenvalue weighted by molar-refractivity contribution is 6.38. The second kappa shape index (κ2) is 8.53. The second-order valence-electron chi connectivity index (χ2n) is 8.41. The Bertz CT molecular complexity index is 1220. The van der Waals surface area contributed by atoms with Gasteiger partial charge in [0.2, 0.25) is 0 Å². The predicted molar refractivity (Wildman–Crippen MR) is 124 cm³/mol. The van der Waals surface area contributed by atoms with Gasteiger partial charge in [-0.05, 0) is 61.1 Å². The van der Waals surface area contributed by atoms with Crippen LogP contribution in [0.2, 0.25) is 10.0 Å². The number of carbonyl (C=O) groups excluding carboxylic acids is 1. The maximum Gasteiger partial charge on any atom is 0.255 e. The molecule has 0 unspecified atom stereocenters. The van der Waals surface area contributed by atoms with Gasteiger partial charge in [0.25, 0.3) is 5.91 Å². The number of rotatable bonds is 3. The van der Waals surface area contributed by atoms with Gasteiger partial charge in [0.1, 0.15) is 17.4 Å². The molecule has 0 saturated carbocycles. The van der Waals surface area contributed by atoms with E-state index < -0.39 is 0 Å². The van der Waals surface area contributed by atoms with Gasteiger partial charge < -0.3 is 9.47 Å². The summed E-state index contributed by atoms with van der Waals surface area (Å²) in [7, 11) is 1.91. The van der Waals surface area contributed by atoms with Crippen LogP contribution in [0.3, 0.4) is 0 Å². The predicted octanol–water partition coefficient (Wildman–Crippen LogP) is 5.52. The second-order valence-corrected chi connectivity index (χ2v) is 9.19. The van der Waals surface area contributed by atoms with Gasteiger partial charge in [0.05, 0.1) is 10.6 Å². The Balaban J connectivity index is 1.70. The third-order valence-electron chi connectivity index (χ3n) is 6.26. The summed E-state index contributed by atoms with van der Waals surface area (Å²) in [6.45, 7) is 5.69. The minimum absolute atomic E-state index is 0.0389. The molecule has 2 aromatic heterocycles. The number of carbonyl (C=O) groups is 1. The number of fused-ring (bicyclic) bond motifs is 1. The summed E-state index contributed by atoms with van der Waals surface area (Å²) in [5.74, 6) is 0.605. The molecule has 1 amide bonds. The molecule has 1 aliphatic rings. The van der Waals surface area contributed by atoms with Crippen molar-refractivity contribution in [1.29, 1.82) is 5.26 Å². The number of aromatic nitrogens is 2. The third kappa shape index (κ3) is 4.03. The molecule has 0 aliphatic carbocycles. The van der Waals surface area contributed by atoms with E-state index in [1.54, 1.807) is 18.2 Å². The van der Waals surface area contributed by atoms with E-state index in [2.05, 4.69) is 18.0 Å². The van der Waals surface area contributed by atoms with E-state index in [0.29, 0.717) is 33.6 Å². The van der Waals surface area contributed by atoms with Gasteiger partial charge >= 0.3 is 0 Å². The van der Waals surface area contributed by atoms with Crippen molar-refractivity contribution in [2.45, 2.75) is 33.1 Å². The number of pyridine rings is 1. The summed E-state index contributed by atoms with van der Waals surface area (Å²) >= 11 is 13.3. The molecular formula is C24H24Cl2N4O. The lowest BCUT2D eigenvalue weighted by molar-refractivity contribution is 0.0697. The van der Waals surface area contributed by atoms with Crippen molar-refractivity contribution in [1.82, 2.24) is 14.5 Å². The average Bonchev–Trinajstić information content (AvgIpc) is 3.07. The van der Waals surface area contributed by atoms with E-state index in [0.717, 1.165) is 53.8 Å². The summed E-state index contributed by atoms with van der Waals surface area (Å²) in [5.41, 5.74) is 4.30. The molecule has 160 valence electrons. The Morgan fingerprint density at radius 3 is 2.65 bits per heavy atom. The van der Waals surface area contributed by atoms with Gasteiger partial charge in [-0.3, -0.25) is 4.79 Å². The third-order valence-corrected chi connectivity index (χ3v) is 7.05. The minimum atomic E-state index is -0.0389. The van der Waals surface area contributed by atoms with Crippen molar-refractivity contribution < 1.29 is 4.79 Å². The fraction of sp³-hybridized carbons (Fsp3) is 0.375. The molecule has 1 aromatic carbocycles. The molecule has 0 bridgehead atoms. The van der Waals surface area contributed by atoms with E-state index in [-0.39, 0.29) is 5.91 Å². The first-order chi connectivity index (χ1) is 14.8. The lowest BCUT2D eigenvalue weighted by atomic mass is 9.98. The molecule has 4 rings (SSSR count). The molecule has 1 fully saturated rings. The SMILES string of the molecule is Cc1cc(C#N)nc2c1cc(Cc1c(Cl)ccc(C(=O)N3CCC(C)CC3)c1Cl)n2C. The maximum atomic E-state index is 13.1. The van der Waals surface area contributed by atoms with Crippen molar-refractivity contribution in [3.05, 3.63) is 62.4 Å². The highest BCUT2D eigenvalue weighted by Crippen LogP contribution is 2.33. The van der Waals surface area contributed by atoms with Crippen LogP contribution < -0.4 is 0 Å². The van der Waals surface area contributed by atoms with Crippen LogP contribution in [0.4, 0.5) is 0 Å². The number of aryl methyl sites for hydroxylation is 2. The first-order valence-electron chi connectivity index (χ1n) is 10.4. The highest BCUT2D eigenvalue weighted by Gasteiger charge is 2.25. The molecule has 1 aliphatic heterocycles. The van der Waals surface area contributed by atoms with Gasteiger partial charge in [-0.2, -0.15) is 5.26 Å². The molecule has 0 spiro atoms.